The zero-order valence-corrected chi connectivity index (χ0v) is 11.7. The lowest BCUT2D eigenvalue weighted by molar-refractivity contribution is 0.401. The van der Waals surface area contributed by atoms with Crippen LogP contribution in [-0.4, -0.2) is 19.6 Å². The fourth-order valence-electron chi connectivity index (χ4n) is 2.96. The molecule has 0 aliphatic heterocycles. The van der Waals surface area contributed by atoms with Crippen LogP contribution in [0.5, 0.6) is 0 Å². The quantitative estimate of drug-likeness (QED) is 0.829. The molecule has 18 heavy (non-hydrogen) atoms. The summed E-state index contributed by atoms with van der Waals surface area (Å²) in [7, 11) is 2.19. The van der Waals surface area contributed by atoms with E-state index < -0.39 is 0 Å². The van der Waals surface area contributed by atoms with E-state index in [0.717, 1.165) is 6.54 Å². The Balaban J connectivity index is 1.99. The maximum Gasteiger partial charge on any atom is 0.0366 e. The smallest absolute Gasteiger partial charge is 0.0366 e. The first-order valence-electron chi connectivity index (χ1n) is 7.20. The molecule has 1 aromatic rings. The van der Waals surface area contributed by atoms with Crippen molar-refractivity contribution in [1.29, 1.82) is 0 Å². The Morgan fingerprint density at radius 1 is 1.22 bits per heavy atom. The van der Waals surface area contributed by atoms with Crippen LogP contribution in [0.2, 0.25) is 0 Å². The van der Waals surface area contributed by atoms with Crippen LogP contribution in [0.4, 0.5) is 5.69 Å². The van der Waals surface area contributed by atoms with Crippen LogP contribution in [0.25, 0.3) is 0 Å². The van der Waals surface area contributed by atoms with Crippen molar-refractivity contribution in [2.45, 2.75) is 45.1 Å². The summed E-state index contributed by atoms with van der Waals surface area (Å²) in [6.45, 7) is 3.24. The van der Waals surface area contributed by atoms with Crippen molar-refractivity contribution in [3.8, 4) is 0 Å². The Morgan fingerprint density at radius 2 is 2.00 bits per heavy atom. The van der Waals surface area contributed by atoms with Gasteiger partial charge >= 0.3 is 0 Å². The lowest BCUT2D eigenvalue weighted by Gasteiger charge is -2.28. The largest absolute Gasteiger partial charge is 0.374 e. The monoisotopic (exact) mass is 246 g/mol. The van der Waals surface area contributed by atoms with Gasteiger partial charge in [0.1, 0.15) is 0 Å². The second-order valence-electron chi connectivity index (χ2n) is 5.78. The van der Waals surface area contributed by atoms with Gasteiger partial charge in [-0.3, -0.25) is 0 Å². The van der Waals surface area contributed by atoms with Gasteiger partial charge in [-0.2, -0.15) is 0 Å². The van der Waals surface area contributed by atoms with Gasteiger partial charge < -0.3 is 10.6 Å². The average molecular weight is 246 g/mol. The van der Waals surface area contributed by atoms with Gasteiger partial charge in [0.15, 0.2) is 0 Å². The van der Waals surface area contributed by atoms with E-state index >= 15 is 0 Å². The van der Waals surface area contributed by atoms with Gasteiger partial charge in [-0.25, -0.2) is 0 Å². The van der Waals surface area contributed by atoms with E-state index in [4.69, 9.17) is 5.73 Å². The van der Waals surface area contributed by atoms with E-state index in [2.05, 4.69) is 43.1 Å². The van der Waals surface area contributed by atoms with Crippen LogP contribution in [0.3, 0.4) is 0 Å². The molecule has 2 unspecified atom stereocenters. The van der Waals surface area contributed by atoms with Crippen molar-refractivity contribution in [3.05, 3.63) is 29.8 Å². The highest BCUT2D eigenvalue weighted by atomic mass is 15.1. The van der Waals surface area contributed by atoms with Crippen molar-refractivity contribution >= 4 is 5.69 Å². The van der Waals surface area contributed by atoms with Gasteiger partial charge in [-0.15, -0.1) is 0 Å². The van der Waals surface area contributed by atoms with Crippen molar-refractivity contribution in [1.82, 2.24) is 0 Å². The molecule has 1 saturated carbocycles. The van der Waals surface area contributed by atoms with Gasteiger partial charge in [0.05, 0.1) is 0 Å². The van der Waals surface area contributed by atoms with E-state index in [-0.39, 0.29) is 0 Å². The fourth-order valence-corrected chi connectivity index (χ4v) is 2.96. The maximum absolute atomic E-state index is 6.31. The van der Waals surface area contributed by atoms with Gasteiger partial charge in [0, 0.05) is 25.3 Å². The molecule has 1 aliphatic carbocycles. The third-order valence-electron chi connectivity index (χ3n) is 4.17. The molecule has 0 spiro atoms. The molecule has 2 atom stereocenters. The summed E-state index contributed by atoms with van der Waals surface area (Å²) in [5.74, 6) is 0.651. The van der Waals surface area contributed by atoms with Crippen molar-refractivity contribution in [2.75, 3.05) is 18.5 Å². The zero-order chi connectivity index (χ0) is 13.0. The molecular weight excluding hydrogens is 220 g/mol. The average Bonchev–Trinajstić information content (AvgIpc) is 2.55. The van der Waals surface area contributed by atoms with E-state index in [9.17, 15) is 0 Å². The van der Waals surface area contributed by atoms with Crippen LogP contribution in [0.1, 0.15) is 37.7 Å². The number of anilines is 1. The molecule has 1 fully saturated rings. The number of nitrogens with zero attached hydrogens (tertiary/aromatic N) is 1. The standard InChI is InChI=1S/C16H26N2/c1-13-7-6-9-15(11-13)18(2)12-14-8-4-3-5-10-16(14)17/h6-7,9,11,14,16H,3-5,8,10,12,17H2,1-2H3. The minimum Gasteiger partial charge on any atom is -0.374 e. The van der Waals surface area contributed by atoms with Gasteiger partial charge in [0.2, 0.25) is 0 Å². The molecule has 1 aromatic carbocycles. The molecule has 0 aromatic heterocycles. The summed E-state index contributed by atoms with van der Waals surface area (Å²) in [6.07, 6.45) is 6.51. The Kier molecular flexibility index (Phi) is 4.65. The van der Waals surface area contributed by atoms with Crippen LogP contribution >= 0.6 is 0 Å². The molecule has 0 bridgehead atoms. The van der Waals surface area contributed by atoms with E-state index in [1.165, 1.54) is 43.4 Å². The summed E-state index contributed by atoms with van der Waals surface area (Å²) in [5, 5.41) is 0. The lowest BCUT2D eigenvalue weighted by atomic mass is 9.95. The minimum absolute atomic E-state index is 0.389. The third kappa shape index (κ3) is 3.49. The molecule has 1 aliphatic rings. The number of nitrogens with two attached hydrogens (primary N) is 1. The number of hydrogen-bond donors (Lipinski definition) is 1. The molecule has 2 nitrogen and oxygen atoms in total. The van der Waals surface area contributed by atoms with Crippen molar-refractivity contribution in [2.24, 2.45) is 11.7 Å². The fraction of sp³-hybridized carbons (Fsp3) is 0.625. The number of rotatable bonds is 3. The number of benzene rings is 1. The lowest BCUT2D eigenvalue weighted by Crippen LogP contribution is -2.37. The SMILES string of the molecule is Cc1cccc(N(C)CC2CCCCCC2N)c1. The van der Waals surface area contributed by atoms with Crippen LogP contribution in [-0.2, 0) is 0 Å². The molecule has 0 radical (unpaired) electrons. The second-order valence-corrected chi connectivity index (χ2v) is 5.78. The topological polar surface area (TPSA) is 29.3 Å². The summed E-state index contributed by atoms with van der Waals surface area (Å²) in [4.78, 5) is 2.36. The maximum atomic E-state index is 6.31. The van der Waals surface area contributed by atoms with Crippen LogP contribution in [0, 0.1) is 12.8 Å². The Morgan fingerprint density at radius 3 is 2.78 bits per heavy atom. The first-order valence-corrected chi connectivity index (χ1v) is 7.20. The summed E-state index contributed by atoms with van der Waals surface area (Å²) >= 11 is 0. The summed E-state index contributed by atoms with van der Waals surface area (Å²) in [5.41, 5.74) is 8.94. The first-order chi connectivity index (χ1) is 8.66. The van der Waals surface area contributed by atoms with E-state index in [1.807, 2.05) is 0 Å². The molecule has 0 amide bonds. The van der Waals surface area contributed by atoms with E-state index in [0.29, 0.717) is 12.0 Å². The van der Waals surface area contributed by atoms with Crippen LogP contribution < -0.4 is 10.6 Å². The van der Waals surface area contributed by atoms with Crippen molar-refractivity contribution in [3.63, 3.8) is 0 Å². The zero-order valence-electron chi connectivity index (χ0n) is 11.7. The normalized spacial score (nSPS) is 24.6. The molecule has 100 valence electrons. The predicted molar refractivity (Wildman–Crippen MR) is 79.0 cm³/mol. The number of aryl methyl sites for hydroxylation is 1. The molecular formula is C16H26N2. The summed E-state index contributed by atoms with van der Waals surface area (Å²) in [6, 6.07) is 9.11. The molecule has 0 heterocycles. The highest BCUT2D eigenvalue weighted by molar-refractivity contribution is 5.47. The molecule has 2 N–H and O–H groups in total. The highest BCUT2D eigenvalue weighted by Gasteiger charge is 2.21. The Labute approximate surface area is 111 Å². The Bertz CT molecular complexity index is 375. The highest BCUT2D eigenvalue weighted by Crippen LogP contribution is 2.24. The minimum atomic E-state index is 0.389. The van der Waals surface area contributed by atoms with Gasteiger partial charge in [-0.1, -0.05) is 31.4 Å². The van der Waals surface area contributed by atoms with Crippen LogP contribution in [0.15, 0.2) is 24.3 Å². The van der Waals surface area contributed by atoms with E-state index in [1.54, 1.807) is 0 Å². The summed E-state index contributed by atoms with van der Waals surface area (Å²) < 4.78 is 0. The Hall–Kier alpha value is -1.02. The molecule has 2 heteroatoms. The predicted octanol–water partition coefficient (Wildman–Crippen LogP) is 3.34. The second kappa shape index (κ2) is 6.24. The number of hydrogen-bond acceptors (Lipinski definition) is 2. The molecule has 2 rings (SSSR count). The van der Waals surface area contributed by atoms with Crippen molar-refractivity contribution < 1.29 is 0 Å². The van der Waals surface area contributed by atoms with Gasteiger partial charge in [-0.05, 0) is 43.4 Å². The first kappa shape index (κ1) is 13.4. The van der Waals surface area contributed by atoms with Gasteiger partial charge in [0.25, 0.3) is 0 Å². The third-order valence-corrected chi connectivity index (χ3v) is 4.17. The molecule has 0 saturated heterocycles.